The summed E-state index contributed by atoms with van der Waals surface area (Å²) in [6.07, 6.45) is 1.40. The van der Waals surface area contributed by atoms with Crippen molar-refractivity contribution in [1.29, 1.82) is 0 Å². The summed E-state index contributed by atoms with van der Waals surface area (Å²) < 4.78 is 5.04. The number of rotatable bonds is 2. The maximum atomic E-state index is 5.77. The molecule has 12 heavy (non-hydrogen) atoms. The zero-order valence-corrected chi connectivity index (χ0v) is 7.96. The SMILES string of the molecule is COc1c(Cl)ncnc1N(C)C. The molecule has 0 radical (unpaired) electrons. The monoisotopic (exact) mass is 187 g/mol. The Morgan fingerprint density at radius 2 is 2.08 bits per heavy atom. The Morgan fingerprint density at radius 3 is 2.50 bits per heavy atom. The fraction of sp³-hybridized carbons (Fsp3) is 0.429. The number of nitrogens with zero attached hydrogens (tertiary/aromatic N) is 3. The largest absolute Gasteiger partial charge is 0.490 e. The van der Waals surface area contributed by atoms with Crippen LogP contribution in [0, 0.1) is 0 Å². The van der Waals surface area contributed by atoms with Gasteiger partial charge >= 0.3 is 0 Å². The molecule has 0 saturated carbocycles. The number of hydrogen-bond donors (Lipinski definition) is 0. The minimum atomic E-state index is 0.330. The highest BCUT2D eigenvalue weighted by Crippen LogP contribution is 2.29. The molecule has 0 saturated heterocycles. The second kappa shape index (κ2) is 3.58. The third-order valence-electron chi connectivity index (χ3n) is 1.37. The van der Waals surface area contributed by atoms with E-state index in [-0.39, 0.29) is 0 Å². The van der Waals surface area contributed by atoms with Crippen molar-refractivity contribution in [2.24, 2.45) is 0 Å². The Bertz CT molecular complexity index is 277. The summed E-state index contributed by atoms with van der Waals surface area (Å²) in [6.45, 7) is 0. The Balaban J connectivity index is 3.18. The lowest BCUT2D eigenvalue weighted by atomic mass is 10.5. The van der Waals surface area contributed by atoms with E-state index in [0.29, 0.717) is 16.7 Å². The zero-order valence-electron chi connectivity index (χ0n) is 7.21. The average Bonchev–Trinajstić information content (AvgIpc) is 2.03. The van der Waals surface area contributed by atoms with Crippen LogP contribution in [0.4, 0.5) is 5.82 Å². The van der Waals surface area contributed by atoms with E-state index >= 15 is 0 Å². The van der Waals surface area contributed by atoms with Crippen LogP contribution in [0.15, 0.2) is 6.33 Å². The van der Waals surface area contributed by atoms with Crippen LogP contribution in [0.3, 0.4) is 0 Å². The van der Waals surface area contributed by atoms with Crippen LogP contribution in [0.1, 0.15) is 0 Å². The fourth-order valence-corrected chi connectivity index (χ4v) is 1.04. The van der Waals surface area contributed by atoms with Crippen molar-refractivity contribution >= 4 is 17.4 Å². The third kappa shape index (κ3) is 1.58. The average molecular weight is 188 g/mol. The molecule has 0 aliphatic rings. The molecule has 0 aromatic carbocycles. The summed E-state index contributed by atoms with van der Waals surface area (Å²) in [5.74, 6) is 1.18. The van der Waals surface area contributed by atoms with E-state index in [9.17, 15) is 0 Å². The third-order valence-corrected chi connectivity index (χ3v) is 1.64. The van der Waals surface area contributed by atoms with Crippen LogP contribution in [0.2, 0.25) is 5.15 Å². The van der Waals surface area contributed by atoms with Crippen LogP contribution in [-0.4, -0.2) is 31.2 Å². The Labute approximate surface area is 76.1 Å². The second-order valence-electron chi connectivity index (χ2n) is 2.42. The van der Waals surface area contributed by atoms with E-state index in [4.69, 9.17) is 16.3 Å². The van der Waals surface area contributed by atoms with Gasteiger partial charge in [-0.25, -0.2) is 9.97 Å². The number of hydrogen-bond acceptors (Lipinski definition) is 4. The highest BCUT2D eigenvalue weighted by Gasteiger charge is 2.10. The highest BCUT2D eigenvalue weighted by molar-refractivity contribution is 6.31. The molecular formula is C7H10ClN3O. The van der Waals surface area contributed by atoms with Crippen LogP contribution >= 0.6 is 11.6 Å². The van der Waals surface area contributed by atoms with Gasteiger partial charge in [-0.1, -0.05) is 11.6 Å². The van der Waals surface area contributed by atoms with Crippen molar-refractivity contribution < 1.29 is 4.74 Å². The molecule has 4 nitrogen and oxygen atoms in total. The normalized spacial score (nSPS) is 9.67. The van der Waals surface area contributed by atoms with Gasteiger partial charge in [0.25, 0.3) is 0 Å². The van der Waals surface area contributed by atoms with E-state index in [2.05, 4.69) is 9.97 Å². The van der Waals surface area contributed by atoms with Crippen molar-refractivity contribution in [3.63, 3.8) is 0 Å². The number of anilines is 1. The van der Waals surface area contributed by atoms with Crippen molar-refractivity contribution in [2.75, 3.05) is 26.1 Å². The summed E-state index contributed by atoms with van der Waals surface area (Å²) in [7, 11) is 5.26. The van der Waals surface area contributed by atoms with E-state index in [1.165, 1.54) is 13.4 Å². The minimum absolute atomic E-state index is 0.330. The molecule has 66 valence electrons. The molecule has 0 N–H and O–H groups in total. The summed E-state index contributed by atoms with van der Waals surface area (Å²) in [5, 5.41) is 0.330. The topological polar surface area (TPSA) is 38.3 Å². The van der Waals surface area contributed by atoms with Crippen LogP contribution in [0.25, 0.3) is 0 Å². The van der Waals surface area contributed by atoms with E-state index in [0.717, 1.165) is 0 Å². The predicted molar refractivity (Wildman–Crippen MR) is 47.9 cm³/mol. The van der Waals surface area contributed by atoms with Crippen molar-refractivity contribution in [3.8, 4) is 5.75 Å². The van der Waals surface area contributed by atoms with Gasteiger partial charge in [0.2, 0.25) is 0 Å². The van der Waals surface area contributed by atoms with Gasteiger partial charge in [-0.3, -0.25) is 0 Å². The van der Waals surface area contributed by atoms with Gasteiger partial charge in [-0.05, 0) is 0 Å². The summed E-state index contributed by atoms with van der Waals surface area (Å²) in [4.78, 5) is 9.62. The summed E-state index contributed by atoms with van der Waals surface area (Å²) in [5.41, 5.74) is 0. The molecule has 0 spiro atoms. The molecule has 1 rings (SSSR count). The molecule has 0 aliphatic carbocycles. The first-order chi connectivity index (χ1) is 5.66. The van der Waals surface area contributed by atoms with Gasteiger partial charge in [0.05, 0.1) is 7.11 Å². The molecule has 1 heterocycles. The van der Waals surface area contributed by atoms with Crippen LogP contribution in [-0.2, 0) is 0 Å². The maximum Gasteiger partial charge on any atom is 0.199 e. The molecule has 0 atom stereocenters. The first kappa shape index (κ1) is 9.06. The highest BCUT2D eigenvalue weighted by atomic mass is 35.5. The molecule has 0 bridgehead atoms. The molecular weight excluding hydrogens is 178 g/mol. The number of halogens is 1. The lowest BCUT2D eigenvalue weighted by Gasteiger charge is -2.14. The van der Waals surface area contributed by atoms with Gasteiger partial charge in [0.15, 0.2) is 16.7 Å². The van der Waals surface area contributed by atoms with E-state index in [1.54, 1.807) is 0 Å². The zero-order chi connectivity index (χ0) is 9.14. The van der Waals surface area contributed by atoms with Gasteiger partial charge in [0.1, 0.15) is 6.33 Å². The van der Waals surface area contributed by atoms with Gasteiger partial charge in [-0.15, -0.1) is 0 Å². The summed E-state index contributed by atoms with van der Waals surface area (Å²) in [6, 6.07) is 0. The van der Waals surface area contributed by atoms with Crippen molar-refractivity contribution in [2.45, 2.75) is 0 Å². The Morgan fingerprint density at radius 1 is 1.42 bits per heavy atom. The molecule has 0 fully saturated rings. The molecule has 0 unspecified atom stereocenters. The predicted octanol–water partition coefficient (Wildman–Crippen LogP) is 1.20. The minimum Gasteiger partial charge on any atom is -0.490 e. The van der Waals surface area contributed by atoms with Gasteiger partial charge in [-0.2, -0.15) is 0 Å². The standard InChI is InChI=1S/C7H10ClN3O/c1-11(2)7-5(12-3)6(8)9-4-10-7/h4H,1-3H3. The van der Waals surface area contributed by atoms with E-state index in [1.807, 2.05) is 19.0 Å². The lowest BCUT2D eigenvalue weighted by Crippen LogP contribution is -2.12. The maximum absolute atomic E-state index is 5.77. The smallest absolute Gasteiger partial charge is 0.199 e. The molecule has 0 aliphatic heterocycles. The molecule has 0 amide bonds. The first-order valence-electron chi connectivity index (χ1n) is 3.38. The van der Waals surface area contributed by atoms with E-state index < -0.39 is 0 Å². The second-order valence-corrected chi connectivity index (χ2v) is 2.77. The molecule has 5 heteroatoms. The number of aromatic nitrogens is 2. The Hall–Kier alpha value is -1.03. The number of methoxy groups -OCH3 is 1. The van der Waals surface area contributed by atoms with Crippen LogP contribution < -0.4 is 9.64 Å². The van der Waals surface area contributed by atoms with Crippen LogP contribution in [0.5, 0.6) is 5.75 Å². The van der Waals surface area contributed by atoms with Crippen molar-refractivity contribution in [1.82, 2.24) is 9.97 Å². The Kier molecular flexibility index (Phi) is 2.70. The van der Waals surface area contributed by atoms with Crippen molar-refractivity contribution in [3.05, 3.63) is 11.5 Å². The quantitative estimate of drug-likeness (QED) is 0.653. The van der Waals surface area contributed by atoms with Gasteiger partial charge < -0.3 is 9.64 Å². The first-order valence-corrected chi connectivity index (χ1v) is 3.76. The van der Waals surface area contributed by atoms with Gasteiger partial charge in [0, 0.05) is 14.1 Å². The summed E-state index contributed by atoms with van der Waals surface area (Å²) >= 11 is 5.77. The molecule has 1 aromatic heterocycles. The number of ether oxygens (including phenoxy) is 1. The fourth-order valence-electron chi connectivity index (χ4n) is 0.838. The molecule has 1 aromatic rings. The lowest BCUT2D eigenvalue weighted by molar-refractivity contribution is 0.411.